The van der Waals surface area contributed by atoms with E-state index in [1.165, 1.54) is 18.2 Å². The average Bonchev–Trinajstić information content (AvgIpc) is 2.63. The quantitative estimate of drug-likeness (QED) is 0.416. The van der Waals surface area contributed by atoms with Gasteiger partial charge in [0.1, 0.15) is 0 Å². The van der Waals surface area contributed by atoms with Crippen molar-refractivity contribution in [2.24, 2.45) is 5.92 Å². The van der Waals surface area contributed by atoms with Crippen LogP contribution in [0.2, 0.25) is 5.02 Å². The third-order valence-corrected chi connectivity index (χ3v) is 4.45. The Labute approximate surface area is 167 Å². The maximum atomic E-state index is 12.5. The first-order valence-electron chi connectivity index (χ1n) is 8.66. The molecule has 7 nitrogen and oxygen atoms in total. The summed E-state index contributed by atoms with van der Waals surface area (Å²) in [6.45, 7) is 4.98. The number of halogens is 1. The Morgan fingerprint density at radius 1 is 1.18 bits per heavy atom. The molecular weight excluding hydrogens is 384 g/mol. The van der Waals surface area contributed by atoms with Gasteiger partial charge >= 0.3 is 5.97 Å². The molecule has 8 heteroatoms. The van der Waals surface area contributed by atoms with Gasteiger partial charge in [0.05, 0.1) is 16.5 Å². The van der Waals surface area contributed by atoms with E-state index in [9.17, 15) is 19.7 Å². The monoisotopic (exact) mass is 404 g/mol. The maximum Gasteiger partial charge on any atom is 0.314 e. The smallest absolute Gasteiger partial charge is 0.314 e. The van der Waals surface area contributed by atoms with Crippen molar-refractivity contribution < 1.29 is 19.2 Å². The third kappa shape index (κ3) is 5.53. The number of anilines is 1. The van der Waals surface area contributed by atoms with E-state index in [1.54, 1.807) is 31.2 Å². The number of hydrogen-bond acceptors (Lipinski definition) is 5. The normalized spacial score (nSPS) is 11.8. The summed E-state index contributed by atoms with van der Waals surface area (Å²) in [7, 11) is 0. The molecule has 1 N–H and O–H groups in total. The van der Waals surface area contributed by atoms with Crippen LogP contribution in [0, 0.1) is 23.0 Å². The molecule has 0 fully saturated rings. The van der Waals surface area contributed by atoms with Crippen LogP contribution in [0.5, 0.6) is 0 Å². The molecule has 0 bridgehead atoms. The zero-order chi connectivity index (χ0) is 20.8. The summed E-state index contributed by atoms with van der Waals surface area (Å²) >= 11 is 5.89. The highest BCUT2D eigenvalue weighted by atomic mass is 35.5. The molecule has 0 unspecified atom stereocenters. The summed E-state index contributed by atoms with van der Waals surface area (Å²) in [5.41, 5.74) is 1.57. The number of nitrogens with one attached hydrogen (secondary N) is 1. The number of carbonyl (C=O) groups is 2. The predicted molar refractivity (Wildman–Crippen MR) is 106 cm³/mol. The minimum atomic E-state index is -0.574. The Morgan fingerprint density at radius 3 is 2.39 bits per heavy atom. The lowest BCUT2D eigenvalue weighted by Gasteiger charge is -2.20. The highest BCUT2D eigenvalue weighted by Crippen LogP contribution is 2.27. The number of nitro groups is 1. The molecule has 0 aliphatic rings. The first-order chi connectivity index (χ1) is 13.2. The van der Waals surface area contributed by atoms with Crippen LogP contribution in [0.1, 0.15) is 30.9 Å². The number of benzene rings is 2. The van der Waals surface area contributed by atoms with Gasteiger partial charge < -0.3 is 10.1 Å². The number of esters is 1. The number of carbonyl (C=O) groups excluding carboxylic acids is 2. The van der Waals surface area contributed by atoms with Gasteiger partial charge in [-0.3, -0.25) is 19.7 Å². The fourth-order valence-corrected chi connectivity index (χ4v) is 2.86. The van der Waals surface area contributed by atoms with Crippen molar-refractivity contribution in [3.05, 3.63) is 68.7 Å². The van der Waals surface area contributed by atoms with Crippen LogP contribution >= 0.6 is 11.6 Å². The standard InChI is InChI=1S/C20H21ClN2O5/c1-12(2)19(14-5-7-15(21)8-6-14)20(25)28-11-18(24)22-17-10-16(23(26)27)9-4-13(17)3/h4-10,12,19H,11H2,1-3H3,(H,22,24)/t19-/m1/s1. The molecule has 148 valence electrons. The van der Waals surface area contributed by atoms with E-state index in [-0.39, 0.29) is 11.6 Å². The molecule has 0 heterocycles. The number of nitrogens with zero attached hydrogens (tertiary/aromatic N) is 1. The van der Waals surface area contributed by atoms with Gasteiger partial charge in [-0.05, 0) is 36.1 Å². The van der Waals surface area contributed by atoms with Crippen LogP contribution in [-0.4, -0.2) is 23.4 Å². The van der Waals surface area contributed by atoms with E-state index in [1.807, 2.05) is 13.8 Å². The van der Waals surface area contributed by atoms with E-state index in [0.29, 0.717) is 16.3 Å². The first-order valence-corrected chi connectivity index (χ1v) is 9.04. The molecule has 0 saturated carbocycles. The molecule has 0 spiro atoms. The highest BCUT2D eigenvalue weighted by molar-refractivity contribution is 6.30. The Balaban J connectivity index is 2.03. The van der Waals surface area contributed by atoms with E-state index in [4.69, 9.17) is 16.3 Å². The summed E-state index contributed by atoms with van der Waals surface area (Å²) in [6.07, 6.45) is 0. The minimum Gasteiger partial charge on any atom is -0.455 e. The van der Waals surface area contributed by atoms with E-state index in [0.717, 1.165) is 5.56 Å². The summed E-state index contributed by atoms with van der Waals surface area (Å²) in [5.74, 6) is -1.68. The van der Waals surface area contributed by atoms with Gasteiger partial charge in [-0.2, -0.15) is 0 Å². The molecule has 0 aliphatic heterocycles. The van der Waals surface area contributed by atoms with Crippen molar-refractivity contribution in [1.82, 2.24) is 0 Å². The number of ether oxygens (including phenoxy) is 1. The van der Waals surface area contributed by atoms with Crippen molar-refractivity contribution in [2.75, 3.05) is 11.9 Å². The zero-order valence-electron chi connectivity index (χ0n) is 15.8. The van der Waals surface area contributed by atoms with Crippen LogP contribution < -0.4 is 5.32 Å². The molecule has 0 radical (unpaired) electrons. The van der Waals surface area contributed by atoms with E-state index in [2.05, 4.69) is 5.32 Å². The Hall–Kier alpha value is -2.93. The predicted octanol–water partition coefficient (Wildman–Crippen LogP) is 4.48. The molecule has 0 aliphatic carbocycles. The largest absolute Gasteiger partial charge is 0.455 e. The van der Waals surface area contributed by atoms with Gasteiger partial charge in [0, 0.05) is 17.2 Å². The minimum absolute atomic E-state index is 0.0456. The Morgan fingerprint density at radius 2 is 1.82 bits per heavy atom. The number of rotatable bonds is 7. The third-order valence-electron chi connectivity index (χ3n) is 4.20. The van der Waals surface area contributed by atoms with Gasteiger partial charge in [0.15, 0.2) is 6.61 Å². The Bertz CT molecular complexity index is 881. The summed E-state index contributed by atoms with van der Waals surface area (Å²) in [6, 6.07) is 11.0. The van der Waals surface area contributed by atoms with Gasteiger partial charge in [0.25, 0.3) is 11.6 Å². The summed E-state index contributed by atoms with van der Waals surface area (Å²) in [5, 5.41) is 14.0. The molecule has 2 aromatic carbocycles. The number of non-ortho nitro benzene ring substituents is 1. The summed E-state index contributed by atoms with van der Waals surface area (Å²) < 4.78 is 5.18. The summed E-state index contributed by atoms with van der Waals surface area (Å²) in [4.78, 5) is 35.0. The topological polar surface area (TPSA) is 98.5 Å². The van der Waals surface area contributed by atoms with Crippen molar-refractivity contribution in [1.29, 1.82) is 0 Å². The van der Waals surface area contributed by atoms with Gasteiger partial charge in [0.2, 0.25) is 0 Å². The molecule has 2 aromatic rings. The van der Waals surface area contributed by atoms with Crippen molar-refractivity contribution >= 4 is 34.9 Å². The number of aryl methyl sites for hydroxylation is 1. The Kier molecular flexibility index (Phi) is 7.12. The van der Waals surface area contributed by atoms with Gasteiger partial charge in [-0.15, -0.1) is 0 Å². The second kappa shape index (κ2) is 9.32. The number of hydrogen-bond donors (Lipinski definition) is 1. The zero-order valence-corrected chi connectivity index (χ0v) is 16.5. The molecule has 2 rings (SSSR count). The van der Waals surface area contributed by atoms with Gasteiger partial charge in [-0.25, -0.2) is 0 Å². The van der Waals surface area contributed by atoms with Crippen LogP contribution in [-0.2, 0) is 14.3 Å². The number of nitro benzene ring substituents is 1. The van der Waals surface area contributed by atoms with Crippen LogP contribution in [0.4, 0.5) is 11.4 Å². The second-order valence-corrected chi connectivity index (χ2v) is 7.12. The highest BCUT2D eigenvalue weighted by Gasteiger charge is 2.26. The molecular formula is C20H21ClN2O5. The first kappa shape index (κ1) is 21.4. The van der Waals surface area contributed by atoms with Gasteiger partial charge in [-0.1, -0.05) is 43.6 Å². The number of amides is 1. The van der Waals surface area contributed by atoms with Crippen LogP contribution in [0.3, 0.4) is 0 Å². The SMILES string of the molecule is Cc1ccc([N+](=O)[O-])cc1NC(=O)COC(=O)[C@@H](c1ccc(Cl)cc1)C(C)C. The maximum absolute atomic E-state index is 12.5. The van der Waals surface area contributed by atoms with Crippen molar-refractivity contribution in [3.63, 3.8) is 0 Å². The van der Waals surface area contributed by atoms with Crippen LogP contribution in [0.25, 0.3) is 0 Å². The molecule has 1 atom stereocenters. The lowest BCUT2D eigenvalue weighted by atomic mass is 9.88. The van der Waals surface area contributed by atoms with Crippen molar-refractivity contribution in [2.45, 2.75) is 26.7 Å². The lowest BCUT2D eigenvalue weighted by molar-refractivity contribution is -0.384. The molecule has 1 amide bonds. The van der Waals surface area contributed by atoms with E-state index >= 15 is 0 Å². The molecule has 28 heavy (non-hydrogen) atoms. The average molecular weight is 405 g/mol. The van der Waals surface area contributed by atoms with E-state index < -0.39 is 29.3 Å². The van der Waals surface area contributed by atoms with Crippen molar-refractivity contribution in [3.8, 4) is 0 Å². The van der Waals surface area contributed by atoms with Crippen LogP contribution in [0.15, 0.2) is 42.5 Å². The second-order valence-electron chi connectivity index (χ2n) is 6.69. The fraction of sp³-hybridized carbons (Fsp3) is 0.300. The molecule has 0 saturated heterocycles. The molecule has 0 aromatic heterocycles. The fourth-order valence-electron chi connectivity index (χ4n) is 2.73. The lowest BCUT2D eigenvalue weighted by Crippen LogP contribution is -2.26.